The molecule has 204 valence electrons. The second kappa shape index (κ2) is 18.2. The third kappa shape index (κ3) is 12.3. The van der Waals surface area contributed by atoms with Gasteiger partial charge in [0.25, 0.3) is 0 Å². The van der Waals surface area contributed by atoms with Gasteiger partial charge in [-0.3, -0.25) is 0 Å². The van der Waals surface area contributed by atoms with E-state index in [2.05, 4.69) is 30.7 Å². The van der Waals surface area contributed by atoms with E-state index in [0.717, 1.165) is 36.1 Å². The lowest BCUT2D eigenvalue weighted by Gasteiger charge is -2.06. The molecule has 0 aliphatic carbocycles. The summed E-state index contributed by atoms with van der Waals surface area (Å²) in [7, 11) is 2.77. The molecule has 7 heteroatoms. The molecule has 4 rings (SSSR count). The van der Waals surface area contributed by atoms with Crippen LogP contribution in [0.2, 0.25) is 0 Å². The van der Waals surface area contributed by atoms with Gasteiger partial charge < -0.3 is 20.5 Å². The molecule has 0 fully saturated rings. The molecule has 0 spiro atoms. The molecule has 39 heavy (non-hydrogen) atoms. The molecule has 6 nitrogen and oxygen atoms in total. The molecule has 0 saturated heterocycles. The first-order chi connectivity index (χ1) is 19.0. The van der Waals surface area contributed by atoms with Crippen molar-refractivity contribution >= 4 is 39.2 Å². The van der Waals surface area contributed by atoms with Gasteiger partial charge in [-0.15, -0.1) is 0 Å². The van der Waals surface area contributed by atoms with Gasteiger partial charge in [0.2, 0.25) is 0 Å². The Kier molecular flexibility index (Phi) is 14.5. The second-order valence-electron chi connectivity index (χ2n) is 8.27. The van der Waals surface area contributed by atoms with Crippen molar-refractivity contribution in [3.05, 3.63) is 131 Å². The number of nitrogen functional groups attached to an aromatic ring is 1. The monoisotopic (exact) mass is 590 g/mol. The van der Waals surface area contributed by atoms with Crippen LogP contribution in [0.15, 0.2) is 109 Å². The number of alkyl halides is 1. The smallest absolute Gasteiger partial charge is 0.337 e. The topological polar surface area (TPSA) is 90.6 Å². The van der Waals surface area contributed by atoms with E-state index < -0.39 is 0 Å². The number of carbonyl (C=O) groups excluding carboxylic acids is 2. The van der Waals surface area contributed by atoms with E-state index in [-0.39, 0.29) is 11.9 Å². The van der Waals surface area contributed by atoms with Gasteiger partial charge in [0, 0.05) is 23.2 Å². The molecule has 4 aromatic carbocycles. The highest BCUT2D eigenvalue weighted by atomic mass is 79.9. The average molecular weight is 592 g/mol. The van der Waals surface area contributed by atoms with Crippen LogP contribution in [0.4, 0.5) is 11.4 Å². The fourth-order valence-electron chi connectivity index (χ4n) is 3.32. The average Bonchev–Trinajstić information content (AvgIpc) is 2.99. The fraction of sp³-hybridized carbons (Fsp3) is 0.188. The Labute approximate surface area is 239 Å². The van der Waals surface area contributed by atoms with Crippen LogP contribution in [0, 0.1) is 0 Å². The van der Waals surface area contributed by atoms with Crippen LogP contribution < -0.4 is 11.1 Å². The van der Waals surface area contributed by atoms with E-state index in [0.29, 0.717) is 11.1 Å². The summed E-state index contributed by atoms with van der Waals surface area (Å²) in [5.41, 5.74) is 10.9. The molecule has 3 N–H and O–H groups in total. The lowest BCUT2D eigenvalue weighted by molar-refractivity contribution is 0.0592. The number of anilines is 2. The number of benzene rings is 4. The summed E-state index contributed by atoms with van der Waals surface area (Å²) in [6.07, 6.45) is 1.89. The molecule has 0 radical (unpaired) electrons. The van der Waals surface area contributed by atoms with Crippen LogP contribution in [0.1, 0.15) is 31.8 Å². The Hall–Kier alpha value is -4.10. The Morgan fingerprint density at radius 1 is 0.667 bits per heavy atom. The third-order valence-electron chi connectivity index (χ3n) is 5.45. The van der Waals surface area contributed by atoms with Crippen LogP contribution >= 0.6 is 15.9 Å². The van der Waals surface area contributed by atoms with Crippen LogP contribution in [0.25, 0.3) is 0 Å². The highest BCUT2D eigenvalue weighted by molar-refractivity contribution is 9.09. The summed E-state index contributed by atoms with van der Waals surface area (Å²) in [5.74, 6) is -0.584. The molecule has 0 heterocycles. The Morgan fingerprint density at radius 2 is 1.10 bits per heavy atom. The molecule has 0 bridgehead atoms. The molecule has 0 aromatic heterocycles. The molecular formula is C32H35BrN2O4. The van der Waals surface area contributed by atoms with Gasteiger partial charge in [0.1, 0.15) is 0 Å². The number of hydrogen-bond donors (Lipinski definition) is 2. The van der Waals surface area contributed by atoms with Crippen molar-refractivity contribution in [2.24, 2.45) is 0 Å². The van der Waals surface area contributed by atoms with Crippen molar-refractivity contribution in [3.63, 3.8) is 0 Å². The maximum absolute atomic E-state index is 11.3. The number of rotatable bonds is 8. The maximum atomic E-state index is 11.3. The minimum Gasteiger partial charge on any atom is -0.465 e. The summed E-state index contributed by atoms with van der Waals surface area (Å²) in [6.45, 7) is 0.863. The zero-order valence-electron chi connectivity index (χ0n) is 22.3. The zero-order valence-corrected chi connectivity index (χ0v) is 23.9. The standard InChI is InChI=1S/C16H17NO2.C10H11BrO2.C6H7N/c1-19-16(18)14-9-7-13(8-10-14)11-12-17-15-5-3-2-4-6-15;1-13-10(12)9-4-2-8(3-5-9)6-7-11;7-6-4-2-1-3-5-6/h2-10,17H,11-12H2,1H3;2-5H,6-7H2,1H3;1-5H,7H2. The van der Waals surface area contributed by atoms with Gasteiger partial charge in [-0.25, -0.2) is 9.59 Å². The van der Waals surface area contributed by atoms with E-state index in [1.165, 1.54) is 25.3 Å². The predicted molar refractivity (Wildman–Crippen MR) is 163 cm³/mol. The minimum atomic E-state index is -0.297. The fourth-order valence-corrected chi connectivity index (χ4v) is 3.78. The predicted octanol–water partition coefficient (Wildman–Crippen LogP) is 6.81. The summed E-state index contributed by atoms with van der Waals surface area (Å²) in [6, 6.07) is 34.5. The molecule has 0 saturated carbocycles. The number of ether oxygens (including phenoxy) is 2. The number of halogens is 1. The van der Waals surface area contributed by atoms with Gasteiger partial charge in [-0.2, -0.15) is 0 Å². The van der Waals surface area contributed by atoms with Gasteiger partial charge in [-0.05, 0) is 72.5 Å². The number of carbonyl (C=O) groups is 2. The highest BCUT2D eigenvalue weighted by Gasteiger charge is 2.04. The third-order valence-corrected chi connectivity index (χ3v) is 5.85. The van der Waals surface area contributed by atoms with Crippen molar-refractivity contribution in [2.45, 2.75) is 12.8 Å². The summed E-state index contributed by atoms with van der Waals surface area (Å²) >= 11 is 3.36. The lowest BCUT2D eigenvalue weighted by atomic mass is 10.1. The van der Waals surface area contributed by atoms with Crippen molar-refractivity contribution in [3.8, 4) is 0 Å². The zero-order chi connectivity index (χ0) is 28.3. The molecule has 0 amide bonds. The van der Waals surface area contributed by atoms with E-state index in [1.54, 1.807) is 24.3 Å². The normalized spacial score (nSPS) is 9.62. The van der Waals surface area contributed by atoms with Gasteiger partial charge in [0.15, 0.2) is 0 Å². The van der Waals surface area contributed by atoms with Gasteiger partial charge in [-0.1, -0.05) is 76.6 Å². The van der Waals surface area contributed by atoms with Crippen LogP contribution in [0.3, 0.4) is 0 Å². The maximum Gasteiger partial charge on any atom is 0.337 e. The Balaban J connectivity index is 0.000000229. The van der Waals surface area contributed by atoms with Crippen LogP contribution in [-0.4, -0.2) is 38.0 Å². The van der Waals surface area contributed by atoms with E-state index in [4.69, 9.17) is 5.73 Å². The number of methoxy groups -OCH3 is 2. The minimum absolute atomic E-state index is 0.287. The molecule has 0 aliphatic heterocycles. The van der Waals surface area contributed by atoms with Gasteiger partial charge >= 0.3 is 11.9 Å². The van der Waals surface area contributed by atoms with Crippen molar-refractivity contribution in [2.75, 3.05) is 37.1 Å². The molecule has 0 aliphatic rings. The van der Waals surface area contributed by atoms with Crippen molar-refractivity contribution in [1.82, 2.24) is 0 Å². The van der Waals surface area contributed by atoms with E-state index in [1.807, 2.05) is 84.9 Å². The van der Waals surface area contributed by atoms with Crippen LogP contribution in [-0.2, 0) is 22.3 Å². The Bertz CT molecular complexity index is 1230. The van der Waals surface area contributed by atoms with Crippen molar-refractivity contribution < 1.29 is 19.1 Å². The molecule has 0 atom stereocenters. The number of nitrogens with two attached hydrogens (primary N) is 1. The largest absolute Gasteiger partial charge is 0.465 e. The molecular weight excluding hydrogens is 556 g/mol. The van der Waals surface area contributed by atoms with E-state index >= 15 is 0 Å². The second-order valence-corrected chi connectivity index (χ2v) is 9.06. The summed E-state index contributed by atoms with van der Waals surface area (Å²) < 4.78 is 9.25. The van der Waals surface area contributed by atoms with Gasteiger partial charge in [0.05, 0.1) is 25.3 Å². The molecule has 4 aromatic rings. The first kappa shape index (κ1) is 31.1. The van der Waals surface area contributed by atoms with Crippen molar-refractivity contribution in [1.29, 1.82) is 0 Å². The summed E-state index contributed by atoms with van der Waals surface area (Å²) in [5, 5.41) is 4.29. The van der Waals surface area contributed by atoms with Crippen LogP contribution in [0.5, 0.6) is 0 Å². The lowest BCUT2D eigenvalue weighted by Crippen LogP contribution is -2.05. The number of hydrogen-bond acceptors (Lipinski definition) is 6. The number of esters is 2. The first-order valence-corrected chi connectivity index (χ1v) is 13.6. The Morgan fingerprint density at radius 3 is 1.49 bits per heavy atom. The number of para-hydroxylation sites is 2. The first-order valence-electron chi connectivity index (χ1n) is 12.5. The SMILES string of the molecule is COC(=O)c1ccc(CCBr)cc1.COC(=O)c1ccc(CCNc2ccccc2)cc1.Nc1ccccc1. The highest BCUT2D eigenvalue weighted by Crippen LogP contribution is 2.09. The quantitative estimate of drug-likeness (QED) is 0.133. The number of nitrogens with one attached hydrogen (secondary N) is 1. The van der Waals surface area contributed by atoms with E-state index in [9.17, 15) is 9.59 Å². The number of aryl methyl sites for hydroxylation is 1. The molecule has 0 unspecified atom stereocenters. The summed E-state index contributed by atoms with van der Waals surface area (Å²) in [4.78, 5) is 22.3.